The zero-order chi connectivity index (χ0) is 15.5. The summed E-state index contributed by atoms with van der Waals surface area (Å²) in [5.74, 6) is 0.0894. The number of benzene rings is 1. The van der Waals surface area contributed by atoms with Crippen molar-refractivity contribution in [1.29, 1.82) is 0 Å². The second kappa shape index (κ2) is 7.92. The Bertz CT molecular complexity index is 604. The predicted molar refractivity (Wildman–Crippen MR) is 89.0 cm³/mol. The van der Waals surface area contributed by atoms with E-state index in [1.807, 2.05) is 6.92 Å². The summed E-state index contributed by atoms with van der Waals surface area (Å²) in [5.41, 5.74) is 0.750. The van der Waals surface area contributed by atoms with Crippen LogP contribution < -0.4 is 14.9 Å². The van der Waals surface area contributed by atoms with E-state index in [9.17, 15) is 13.2 Å². The first-order valence-corrected chi connectivity index (χ1v) is 8.50. The molecule has 2 rings (SSSR count). The van der Waals surface area contributed by atoms with Crippen molar-refractivity contribution in [2.24, 2.45) is 0 Å². The molecule has 0 aromatic heterocycles. The maximum absolute atomic E-state index is 12.1. The number of amides is 1. The summed E-state index contributed by atoms with van der Waals surface area (Å²) in [6.07, 6.45) is 1.41. The lowest BCUT2D eigenvalue weighted by Crippen LogP contribution is -2.37. The molecule has 0 aliphatic carbocycles. The van der Waals surface area contributed by atoms with Crippen molar-refractivity contribution in [3.8, 4) is 0 Å². The monoisotopic (exact) mass is 347 g/mol. The number of likely N-dealkylation sites (N-methyl/N-ethyl adjacent to an activating group) is 1. The van der Waals surface area contributed by atoms with Gasteiger partial charge in [-0.25, -0.2) is 13.1 Å². The van der Waals surface area contributed by atoms with Crippen molar-refractivity contribution in [1.82, 2.24) is 10.0 Å². The quantitative estimate of drug-likeness (QED) is 0.808. The Balaban J connectivity index is 0.00000242. The fourth-order valence-corrected chi connectivity index (χ4v) is 3.28. The molecule has 1 aromatic carbocycles. The van der Waals surface area contributed by atoms with Crippen molar-refractivity contribution in [2.45, 2.75) is 30.7 Å². The van der Waals surface area contributed by atoms with Gasteiger partial charge in [0.15, 0.2) is 0 Å². The molecule has 1 atom stereocenters. The van der Waals surface area contributed by atoms with Crippen molar-refractivity contribution < 1.29 is 13.2 Å². The van der Waals surface area contributed by atoms with Gasteiger partial charge in [-0.15, -0.1) is 12.4 Å². The minimum Gasteiger partial charge on any atom is -0.316 e. The van der Waals surface area contributed by atoms with Crippen LogP contribution in [0.25, 0.3) is 0 Å². The molecule has 1 unspecified atom stereocenters. The average Bonchev–Trinajstić information content (AvgIpc) is 2.91. The van der Waals surface area contributed by atoms with Crippen LogP contribution in [0.4, 0.5) is 5.69 Å². The number of sulfonamides is 1. The van der Waals surface area contributed by atoms with Gasteiger partial charge < -0.3 is 10.2 Å². The minimum absolute atomic E-state index is 0. The first kappa shape index (κ1) is 18.9. The lowest BCUT2D eigenvalue weighted by Gasteiger charge is -2.16. The molecule has 1 heterocycles. The van der Waals surface area contributed by atoms with Gasteiger partial charge in [-0.05, 0) is 44.7 Å². The first-order valence-electron chi connectivity index (χ1n) is 7.01. The molecular weight excluding hydrogens is 326 g/mol. The number of carbonyl (C=O) groups excluding carboxylic acids is 1. The van der Waals surface area contributed by atoms with Gasteiger partial charge in [0.05, 0.1) is 4.90 Å². The number of carbonyl (C=O) groups is 1. The molecule has 8 heteroatoms. The van der Waals surface area contributed by atoms with E-state index in [0.29, 0.717) is 19.5 Å². The molecule has 1 fully saturated rings. The molecule has 0 spiro atoms. The number of hydrogen-bond acceptors (Lipinski definition) is 4. The predicted octanol–water partition coefficient (Wildman–Crippen LogP) is 1.12. The topological polar surface area (TPSA) is 78.5 Å². The molecule has 0 bridgehead atoms. The highest BCUT2D eigenvalue weighted by molar-refractivity contribution is 7.89. The van der Waals surface area contributed by atoms with Gasteiger partial charge in [-0.1, -0.05) is 0 Å². The summed E-state index contributed by atoms with van der Waals surface area (Å²) in [7, 11) is -1.73. The van der Waals surface area contributed by atoms with Crippen molar-refractivity contribution in [2.75, 3.05) is 25.0 Å². The molecule has 22 heavy (non-hydrogen) atoms. The molecule has 1 saturated heterocycles. The van der Waals surface area contributed by atoms with Gasteiger partial charge in [0.25, 0.3) is 0 Å². The molecule has 0 radical (unpaired) electrons. The van der Waals surface area contributed by atoms with Gasteiger partial charge in [0, 0.05) is 31.2 Å². The van der Waals surface area contributed by atoms with E-state index in [4.69, 9.17) is 0 Å². The van der Waals surface area contributed by atoms with Crippen LogP contribution in [0, 0.1) is 0 Å². The lowest BCUT2D eigenvalue weighted by molar-refractivity contribution is -0.117. The fourth-order valence-electron chi connectivity index (χ4n) is 2.15. The Labute approximate surface area is 137 Å². The molecule has 6 nitrogen and oxygen atoms in total. The Hall–Kier alpha value is -1.15. The second-order valence-electron chi connectivity index (χ2n) is 5.18. The molecule has 1 aliphatic rings. The van der Waals surface area contributed by atoms with Crippen LogP contribution in [0.3, 0.4) is 0 Å². The number of nitrogens with one attached hydrogen (secondary N) is 2. The summed E-state index contributed by atoms with van der Waals surface area (Å²) >= 11 is 0. The fraction of sp³-hybridized carbons (Fsp3) is 0.500. The van der Waals surface area contributed by atoms with Crippen molar-refractivity contribution in [3.05, 3.63) is 24.3 Å². The van der Waals surface area contributed by atoms with Crippen molar-refractivity contribution in [3.63, 3.8) is 0 Å². The van der Waals surface area contributed by atoms with Crippen LogP contribution in [0.2, 0.25) is 0 Å². The Morgan fingerprint density at radius 1 is 1.27 bits per heavy atom. The highest BCUT2D eigenvalue weighted by atomic mass is 35.5. The van der Waals surface area contributed by atoms with E-state index in [2.05, 4.69) is 10.0 Å². The zero-order valence-electron chi connectivity index (χ0n) is 12.7. The van der Waals surface area contributed by atoms with Crippen LogP contribution >= 0.6 is 12.4 Å². The normalized spacial score (nSPS) is 16.5. The molecule has 1 aromatic rings. The van der Waals surface area contributed by atoms with Crippen LogP contribution in [0.15, 0.2) is 29.2 Å². The highest BCUT2D eigenvalue weighted by Crippen LogP contribution is 2.22. The summed E-state index contributed by atoms with van der Waals surface area (Å²) < 4.78 is 26.8. The van der Waals surface area contributed by atoms with E-state index < -0.39 is 10.0 Å². The SMILES string of the molecule is CNC(C)CNS(=O)(=O)c1ccc(N2CCCC2=O)cc1.Cl. The standard InChI is InChI=1S/C14H21N3O3S.ClH/c1-11(15-2)10-16-21(19,20)13-7-5-12(6-8-13)17-9-3-4-14(17)18;/h5-8,11,15-16H,3-4,9-10H2,1-2H3;1H. The first-order chi connectivity index (χ1) is 9.94. The van der Waals surface area contributed by atoms with Crippen molar-refractivity contribution >= 4 is 34.0 Å². The van der Waals surface area contributed by atoms with E-state index >= 15 is 0 Å². The second-order valence-corrected chi connectivity index (χ2v) is 6.95. The van der Waals surface area contributed by atoms with Crippen LogP contribution in [-0.2, 0) is 14.8 Å². The van der Waals surface area contributed by atoms with Gasteiger partial charge >= 0.3 is 0 Å². The number of rotatable bonds is 6. The van der Waals surface area contributed by atoms with Crippen LogP contribution in [0.1, 0.15) is 19.8 Å². The van der Waals surface area contributed by atoms with Gasteiger partial charge in [-0.2, -0.15) is 0 Å². The van der Waals surface area contributed by atoms with E-state index in [1.54, 1.807) is 24.1 Å². The van der Waals surface area contributed by atoms with Crippen LogP contribution in [-0.4, -0.2) is 40.5 Å². The van der Waals surface area contributed by atoms with E-state index in [0.717, 1.165) is 12.1 Å². The molecule has 0 saturated carbocycles. The van der Waals surface area contributed by atoms with Gasteiger partial charge in [-0.3, -0.25) is 4.79 Å². The van der Waals surface area contributed by atoms with E-state index in [-0.39, 0.29) is 29.3 Å². The number of halogens is 1. The highest BCUT2D eigenvalue weighted by Gasteiger charge is 2.22. The summed E-state index contributed by atoms with van der Waals surface area (Å²) in [6, 6.07) is 6.49. The lowest BCUT2D eigenvalue weighted by atomic mass is 10.3. The molecule has 2 N–H and O–H groups in total. The third-order valence-electron chi connectivity index (χ3n) is 3.60. The number of hydrogen-bond donors (Lipinski definition) is 2. The number of anilines is 1. The Kier molecular flexibility index (Phi) is 6.80. The zero-order valence-corrected chi connectivity index (χ0v) is 14.3. The van der Waals surface area contributed by atoms with Gasteiger partial charge in [0.2, 0.25) is 15.9 Å². The number of nitrogens with zero attached hydrogens (tertiary/aromatic N) is 1. The maximum Gasteiger partial charge on any atom is 0.240 e. The smallest absolute Gasteiger partial charge is 0.240 e. The molecule has 1 aliphatic heterocycles. The van der Waals surface area contributed by atoms with Crippen LogP contribution in [0.5, 0.6) is 0 Å². The largest absolute Gasteiger partial charge is 0.316 e. The summed E-state index contributed by atoms with van der Waals surface area (Å²) in [6.45, 7) is 2.92. The molecule has 1 amide bonds. The minimum atomic E-state index is -3.51. The van der Waals surface area contributed by atoms with Gasteiger partial charge in [0.1, 0.15) is 0 Å². The molecular formula is C14H22ClN3O3S. The summed E-state index contributed by atoms with van der Waals surface area (Å²) in [4.78, 5) is 13.6. The summed E-state index contributed by atoms with van der Waals surface area (Å²) in [5, 5.41) is 2.97. The molecule has 124 valence electrons. The Morgan fingerprint density at radius 2 is 1.91 bits per heavy atom. The third-order valence-corrected chi connectivity index (χ3v) is 5.04. The Morgan fingerprint density at radius 3 is 2.41 bits per heavy atom. The van der Waals surface area contributed by atoms with E-state index in [1.165, 1.54) is 12.1 Å². The third kappa shape index (κ3) is 4.42. The average molecular weight is 348 g/mol. The maximum atomic E-state index is 12.1.